The van der Waals surface area contributed by atoms with Crippen molar-refractivity contribution in [2.24, 2.45) is 5.73 Å². The Labute approximate surface area is 119 Å². The molecule has 0 radical (unpaired) electrons. The zero-order valence-electron chi connectivity index (χ0n) is 9.68. The van der Waals surface area contributed by atoms with Crippen LogP contribution in [0.25, 0.3) is 0 Å². The number of hydrogen-bond donors (Lipinski definition) is 2. The number of pyridine rings is 1. The average molecular weight is 363 g/mol. The normalized spacial score (nSPS) is 19.0. The minimum atomic E-state index is 0.0294. The first-order valence-corrected chi connectivity index (χ1v) is 7.53. The summed E-state index contributed by atoms with van der Waals surface area (Å²) in [5.74, 6) is 0.889. The van der Waals surface area contributed by atoms with Crippen molar-refractivity contribution in [2.75, 3.05) is 11.9 Å². The molecule has 1 aromatic heterocycles. The number of rotatable bonds is 3. The van der Waals surface area contributed by atoms with Crippen LogP contribution in [0.3, 0.4) is 0 Å². The Morgan fingerprint density at radius 3 is 2.59 bits per heavy atom. The maximum absolute atomic E-state index is 5.95. The molecule has 94 valence electrons. The highest BCUT2D eigenvalue weighted by molar-refractivity contribution is 9.11. The van der Waals surface area contributed by atoms with E-state index >= 15 is 0 Å². The summed E-state index contributed by atoms with van der Waals surface area (Å²) >= 11 is 6.94. The second kappa shape index (κ2) is 5.67. The van der Waals surface area contributed by atoms with Gasteiger partial charge < -0.3 is 11.1 Å². The maximum Gasteiger partial charge on any atom is 0.140 e. The van der Waals surface area contributed by atoms with E-state index in [0.717, 1.165) is 27.6 Å². The first-order chi connectivity index (χ1) is 8.15. The summed E-state index contributed by atoms with van der Waals surface area (Å²) in [4.78, 5) is 4.40. The Hall–Kier alpha value is -0.130. The standard InChI is InChI=1S/C12H17Br2N3/c13-9-6-10(14)11(16-7-9)17-12(8-15)4-2-1-3-5-12/h6-7H,1-5,8,15H2,(H,16,17). The summed E-state index contributed by atoms with van der Waals surface area (Å²) in [7, 11) is 0. The molecule has 0 bridgehead atoms. The van der Waals surface area contributed by atoms with Crippen molar-refractivity contribution >= 4 is 37.7 Å². The van der Waals surface area contributed by atoms with Gasteiger partial charge in [-0.25, -0.2) is 4.98 Å². The van der Waals surface area contributed by atoms with Gasteiger partial charge in [0.25, 0.3) is 0 Å². The molecule has 0 aromatic carbocycles. The lowest BCUT2D eigenvalue weighted by molar-refractivity contribution is 0.330. The zero-order chi connectivity index (χ0) is 12.3. The van der Waals surface area contributed by atoms with Crippen LogP contribution in [-0.2, 0) is 0 Å². The highest BCUT2D eigenvalue weighted by Crippen LogP contribution is 2.33. The average Bonchev–Trinajstić information content (AvgIpc) is 2.34. The lowest BCUT2D eigenvalue weighted by Crippen LogP contribution is -2.47. The van der Waals surface area contributed by atoms with E-state index in [1.54, 1.807) is 6.20 Å². The molecule has 3 N–H and O–H groups in total. The Kier molecular flexibility index (Phi) is 4.44. The van der Waals surface area contributed by atoms with Gasteiger partial charge in [0.15, 0.2) is 0 Å². The summed E-state index contributed by atoms with van der Waals surface area (Å²) in [5.41, 5.74) is 5.98. The Bertz CT molecular complexity index is 389. The van der Waals surface area contributed by atoms with Crippen molar-refractivity contribution < 1.29 is 0 Å². The second-order valence-corrected chi connectivity index (χ2v) is 6.42. The lowest BCUT2D eigenvalue weighted by Gasteiger charge is -2.37. The summed E-state index contributed by atoms with van der Waals surface area (Å²) in [6.07, 6.45) is 7.89. The first kappa shape index (κ1) is 13.3. The van der Waals surface area contributed by atoms with Crippen molar-refractivity contribution in [1.29, 1.82) is 0 Å². The number of nitrogens with zero attached hydrogens (tertiary/aromatic N) is 1. The molecular formula is C12H17Br2N3. The molecule has 1 aromatic rings. The van der Waals surface area contributed by atoms with Crippen LogP contribution in [0.1, 0.15) is 32.1 Å². The van der Waals surface area contributed by atoms with Crippen LogP contribution in [0.2, 0.25) is 0 Å². The zero-order valence-corrected chi connectivity index (χ0v) is 12.8. The van der Waals surface area contributed by atoms with Crippen molar-refractivity contribution in [3.63, 3.8) is 0 Å². The maximum atomic E-state index is 5.95. The fourth-order valence-electron chi connectivity index (χ4n) is 2.37. The van der Waals surface area contributed by atoms with Gasteiger partial charge >= 0.3 is 0 Å². The number of nitrogens with two attached hydrogens (primary N) is 1. The minimum Gasteiger partial charge on any atom is -0.362 e. The molecule has 5 heteroatoms. The smallest absolute Gasteiger partial charge is 0.140 e. The molecule has 1 fully saturated rings. The minimum absolute atomic E-state index is 0.0294. The number of aromatic nitrogens is 1. The third kappa shape index (κ3) is 3.20. The summed E-state index contributed by atoms with van der Waals surface area (Å²) < 4.78 is 1.95. The number of hydrogen-bond acceptors (Lipinski definition) is 3. The van der Waals surface area contributed by atoms with Gasteiger partial charge in [0.1, 0.15) is 5.82 Å². The van der Waals surface area contributed by atoms with Gasteiger partial charge in [-0.05, 0) is 50.8 Å². The predicted octanol–water partition coefficient (Wildman–Crippen LogP) is 3.68. The monoisotopic (exact) mass is 361 g/mol. The van der Waals surface area contributed by atoms with Crippen LogP contribution in [0, 0.1) is 0 Å². The highest BCUT2D eigenvalue weighted by Gasteiger charge is 2.31. The van der Waals surface area contributed by atoms with Gasteiger partial charge in [0.05, 0.1) is 10.0 Å². The molecular weight excluding hydrogens is 346 g/mol. The van der Waals surface area contributed by atoms with Crippen molar-refractivity contribution in [3.8, 4) is 0 Å². The van der Waals surface area contributed by atoms with Crippen LogP contribution in [0.4, 0.5) is 5.82 Å². The van der Waals surface area contributed by atoms with Crippen LogP contribution < -0.4 is 11.1 Å². The highest BCUT2D eigenvalue weighted by atomic mass is 79.9. The number of nitrogens with one attached hydrogen (secondary N) is 1. The fraction of sp³-hybridized carbons (Fsp3) is 0.583. The molecule has 0 unspecified atom stereocenters. The molecule has 0 atom stereocenters. The first-order valence-electron chi connectivity index (χ1n) is 5.94. The fourth-order valence-corrected chi connectivity index (χ4v) is 3.45. The third-order valence-electron chi connectivity index (χ3n) is 3.39. The Balaban J connectivity index is 2.17. The van der Waals surface area contributed by atoms with Crippen molar-refractivity contribution in [2.45, 2.75) is 37.6 Å². The molecule has 0 saturated heterocycles. The summed E-state index contributed by atoms with van der Waals surface area (Å²) in [5, 5.41) is 3.54. The molecule has 0 amide bonds. The van der Waals surface area contributed by atoms with Crippen molar-refractivity contribution in [3.05, 3.63) is 21.2 Å². The van der Waals surface area contributed by atoms with E-state index in [2.05, 4.69) is 42.2 Å². The van der Waals surface area contributed by atoms with E-state index < -0.39 is 0 Å². The summed E-state index contributed by atoms with van der Waals surface area (Å²) in [6, 6.07) is 2.00. The van der Waals surface area contributed by atoms with Crippen LogP contribution in [0.15, 0.2) is 21.2 Å². The number of halogens is 2. The SMILES string of the molecule is NCC1(Nc2ncc(Br)cc2Br)CCCCC1. The second-order valence-electron chi connectivity index (χ2n) is 4.65. The molecule has 0 spiro atoms. The molecule has 3 nitrogen and oxygen atoms in total. The molecule has 1 saturated carbocycles. The van der Waals surface area contributed by atoms with Gasteiger partial charge in [-0.1, -0.05) is 19.3 Å². The molecule has 1 aliphatic rings. The van der Waals surface area contributed by atoms with Gasteiger partial charge in [0, 0.05) is 17.2 Å². The largest absolute Gasteiger partial charge is 0.362 e. The molecule has 1 heterocycles. The predicted molar refractivity (Wildman–Crippen MR) is 78.1 cm³/mol. The quantitative estimate of drug-likeness (QED) is 0.862. The van der Waals surface area contributed by atoms with Gasteiger partial charge in [0.2, 0.25) is 0 Å². The van der Waals surface area contributed by atoms with E-state index in [1.165, 1.54) is 19.3 Å². The topological polar surface area (TPSA) is 50.9 Å². The van der Waals surface area contributed by atoms with Gasteiger partial charge in [-0.3, -0.25) is 0 Å². The van der Waals surface area contributed by atoms with E-state index in [-0.39, 0.29) is 5.54 Å². The van der Waals surface area contributed by atoms with Gasteiger partial charge in [-0.15, -0.1) is 0 Å². The third-order valence-corrected chi connectivity index (χ3v) is 4.43. The van der Waals surface area contributed by atoms with E-state index in [9.17, 15) is 0 Å². The van der Waals surface area contributed by atoms with E-state index in [1.807, 2.05) is 6.07 Å². The molecule has 17 heavy (non-hydrogen) atoms. The van der Waals surface area contributed by atoms with Crippen LogP contribution in [0.5, 0.6) is 0 Å². The number of anilines is 1. The van der Waals surface area contributed by atoms with Crippen LogP contribution in [-0.4, -0.2) is 17.1 Å². The van der Waals surface area contributed by atoms with E-state index in [0.29, 0.717) is 6.54 Å². The van der Waals surface area contributed by atoms with Crippen LogP contribution >= 0.6 is 31.9 Å². The van der Waals surface area contributed by atoms with Gasteiger partial charge in [-0.2, -0.15) is 0 Å². The Morgan fingerprint density at radius 2 is 2.00 bits per heavy atom. The molecule has 0 aliphatic heterocycles. The van der Waals surface area contributed by atoms with E-state index in [4.69, 9.17) is 5.73 Å². The lowest BCUT2D eigenvalue weighted by atomic mass is 9.81. The molecule has 1 aliphatic carbocycles. The van der Waals surface area contributed by atoms with Crippen molar-refractivity contribution in [1.82, 2.24) is 4.98 Å². The Morgan fingerprint density at radius 1 is 1.29 bits per heavy atom. The molecule has 2 rings (SSSR count). The summed E-state index contributed by atoms with van der Waals surface area (Å²) in [6.45, 7) is 0.664.